The van der Waals surface area contributed by atoms with E-state index in [4.69, 9.17) is 9.47 Å². The molecule has 0 aliphatic rings. The van der Waals surface area contributed by atoms with E-state index in [1.165, 1.54) is 12.4 Å². The van der Waals surface area contributed by atoms with Crippen LogP contribution in [0.1, 0.15) is 25.6 Å². The van der Waals surface area contributed by atoms with Gasteiger partial charge < -0.3 is 19.6 Å². The molecule has 0 fully saturated rings. The number of H-pyrrole nitrogens is 1. The van der Waals surface area contributed by atoms with Crippen LogP contribution >= 0.6 is 0 Å². The molecule has 0 radical (unpaired) electrons. The number of rotatable bonds is 11. The van der Waals surface area contributed by atoms with E-state index in [-0.39, 0.29) is 30.4 Å². The topological polar surface area (TPSA) is 110 Å². The van der Waals surface area contributed by atoms with Crippen molar-refractivity contribution in [2.24, 2.45) is 5.41 Å². The van der Waals surface area contributed by atoms with Gasteiger partial charge in [-0.2, -0.15) is 13.2 Å². The summed E-state index contributed by atoms with van der Waals surface area (Å²) < 4.78 is 51.7. The first kappa shape index (κ1) is 28.3. The molecule has 1 aromatic carbocycles. The number of nitrogens with one attached hydrogen (secondary N) is 1. The number of imidazole rings is 1. The summed E-state index contributed by atoms with van der Waals surface area (Å²) in [7, 11) is -1.55. The highest BCUT2D eigenvalue weighted by molar-refractivity contribution is 6.76. The maximum absolute atomic E-state index is 13.6. The van der Waals surface area contributed by atoms with E-state index in [0.29, 0.717) is 17.5 Å². The molecule has 3 rings (SSSR count). The van der Waals surface area contributed by atoms with Gasteiger partial charge in [0.25, 0.3) is 0 Å². The third-order valence-corrected chi connectivity index (χ3v) is 7.24. The third kappa shape index (κ3) is 7.86. The summed E-state index contributed by atoms with van der Waals surface area (Å²) >= 11 is 0. The van der Waals surface area contributed by atoms with Gasteiger partial charge in [-0.15, -0.1) is 0 Å². The minimum Gasteiger partial charge on any atom is -0.492 e. The molecule has 0 bridgehead atoms. The van der Waals surface area contributed by atoms with Crippen molar-refractivity contribution in [1.29, 1.82) is 0 Å². The van der Waals surface area contributed by atoms with Crippen molar-refractivity contribution in [3.05, 3.63) is 48.5 Å². The van der Waals surface area contributed by atoms with Crippen LogP contribution in [-0.2, 0) is 9.53 Å². The van der Waals surface area contributed by atoms with Crippen molar-refractivity contribution in [3.63, 3.8) is 0 Å². The number of aromatic nitrogens is 4. The van der Waals surface area contributed by atoms with Crippen molar-refractivity contribution in [2.45, 2.75) is 51.8 Å². The van der Waals surface area contributed by atoms with Gasteiger partial charge in [-0.3, -0.25) is 9.78 Å². The first-order valence-electron chi connectivity index (χ1n) is 11.7. The largest absolute Gasteiger partial charge is 0.492 e. The molecule has 0 spiro atoms. The van der Waals surface area contributed by atoms with Crippen LogP contribution < -0.4 is 4.74 Å². The number of carbonyl (C=O) groups is 1. The molecule has 1 unspecified atom stereocenters. The Balaban J connectivity index is 1.69. The zero-order valence-electron chi connectivity index (χ0n) is 21.4. The minimum atomic E-state index is -4.59. The van der Waals surface area contributed by atoms with E-state index < -0.39 is 31.7 Å². The number of aliphatic carboxylic acids is 1. The molecule has 37 heavy (non-hydrogen) atoms. The van der Waals surface area contributed by atoms with Gasteiger partial charge in [0.05, 0.1) is 35.4 Å². The highest BCUT2D eigenvalue weighted by Crippen LogP contribution is 2.36. The Morgan fingerprint density at radius 1 is 1.03 bits per heavy atom. The molecule has 0 saturated heterocycles. The van der Waals surface area contributed by atoms with Gasteiger partial charge in [0.2, 0.25) is 0 Å². The summed E-state index contributed by atoms with van der Waals surface area (Å²) in [5.74, 6) is -0.286. The molecule has 8 nitrogen and oxygen atoms in total. The molecule has 2 N–H and O–H groups in total. The van der Waals surface area contributed by atoms with E-state index in [1.54, 1.807) is 38.1 Å². The normalized spacial score (nSPS) is 13.4. The fourth-order valence-electron chi connectivity index (χ4n) is 3.09. The van der Waals surface area contributed by atoms with Crippen LogP contribution in [0.25, 0.3) is 22.8 Å². The van der Waals surface area contributed by atoms with Gasteiger partial charge in [-0.25, -0.2) is 9.97 Å². The first-order chi connectivity index (χ1) is 17.2. The number of hydrogen-bond acceptors (Lipinski definition) is 6. The first-order valence-corrected chi connectivity index (χ1v) is 15.4. The van der Waals surface area contributed by atoms with Crippen LogP contribution in [0.5, 0.6) is 5.75 Å². The number of carboxylic acid groups (broad SMARTS) is 1. The minimum absolute atomic E-state index is 0.0138. The number of ether oxygens (including phenoxy) is 2. The average molecular weight is 537 g/mol. The Labute approximate surface area is 214 Å². The SMILES string of the molecule is CC(C)(COc1ccc(-c2cnc(-c3ncc(C(OCC[Si](C)(C)C)C(F)(F)F)[nH]3)cn2)cc1)C(=O)O. The lowest BCUT2D eigenvalue weighted by Crippen LogP contribution is -2.30. The number of halogens is 3. The molecule has 12 heteroatoms. The van der Waals surface area contributed by atoms with Gasteiger partial charge in [-0.05, 0) is 44.2 Å². The number of aromatic amines is 1. The third-order valence-electron chi connectivity index (χ3n) is 5.53. The molecule has 0 saturated carbocycles. The molecule has 0 aliphatic heterocycles. The van der Waals surface area contributed by atoms with Crippen LogP contribution in [-0.4, -0.2) is 58.5 Å². The lowest BCUT2D eigenvalue weighted by Gasteiger charge is -2.22. The number of nitrogens with zero attached hydrogens (tertiary/aromatic N) is 3. The van der Waals surface area contributed by atoms with Crippen LogP contribution in [0.15, 0.2) is 42.9 Å². The second-order valence-electron chi connectivity index (χ2n) is 10.6. The number of carboxylic acids is 1. The molecule has 200 valence electrons. The lowest BCUT2D eigenvalue weighted by molar-refractivity contribution is -0.223. The number of benzene rings is 1. The van der Waals surface area contributed by atoms with Gasteiger partial charge in [0.15, 0.2) is 11.9 Å². The zero-order chi connectivity index (χ0) is 27.4. The molecule has 2 aromatic heterocycles. The van der Waals surface area contributed by atoms with Crippen molar-refractivity contribution in [1.82, 2.24) is 19.9 Å². The Morgan fingerprint density at radius 2 is 1.65 bits per heavy atom. The van der Waals surface area contributed by atoms with Crippen molar-refractivity contribution in [3.8, 4) is 28.5 Å². The monoisotopic (exact) mass is 536 g/mol. The van der Waals surface area contributed by atoms with E-state index in [9.17, 15) is 23.1 Å². The fourth-order valence-corrected chi connectivity index (χ4v) is 3.82. The van der Waals surface area contributed by atoms with E-state index in [0.717, 1.165) is 11.8 Å². The van der Waals surface area contributed by atoms with E-state index in [2.05, 4.69) is 39.6 Å². The molecular formula is C25H31F3N4O4Si. The molecular weight excluding hydrogens is 505 g/mol. The van der Waals surface area contributed by atoms with E-state index in [1.807, 2.05) is 0 Å². The molecule has 0 amide bonds. The number of hydrogen-bond donors (Lipinski definition) is 2. The standard InChI is InChI=1S/C25H31F3N4O4Si/c1-24(2,23(33)34)15-36-17-8-6-16(7-9-17)18-12-30-20(14-29-18)22-31-13-19(32-22)21(25(26,27)28)35-10-11-37(3,4)5/h6-9,12-14,21H,10-11,15H2,1-5H3,(H,31,32)(H,33,34). The molecule has 1 atom stereocenters. The average Bonchev–Trinajstić information content (AvgIpc) is 3.29. The maximum atomic E-state index is 13.6. The summed E-state index contributed by atoms with van der Waals surface area (Å²) in [5, 5.41) is 9.18. The van der Waals surface area contributed by atoms with Crippen molar-refractivity contribution >= 4 is 14.0 Å². The van der Waals surface area contributed by atoms with Crippen LogP contribution in [0, 0.1) is 5.41 Å². The van der Waals surface area contributed by atoms with Gasteiger partial charge >= 0.3 is 12.1 Å². The fraction of sp³-hybridized carbons (Fsp3) is 0.440. The molecule has 3 aromatic rings. The smallest absolute Gasteiger partial charge is 0.420 e. The predicted octanol–water partition coefficient (Wildman–Crippen LogP) is 5.98. The Hall–Kier alpha value is -3.25. The number of alkyl halides is 3. The summed E-state index contributed by atoms with van der Waals surface area (Å²) in [5.41, 5.74) is 0.346. The summed E-state index contributed by atoms with van der Waals surface area (Å²) in [6.45, 7) is 9.40. The molecule has 2 heterocycles. The Kier molecular flexibility index (Phi) is 8.43. The second kappa shape index (κ2) is 11.0. The van der Waals surface area contributed by atoms with E-state index >= 15 is 0 Å². The van der Waals surface area contributed by atoms with Crippen LogP contribution in [0.3, 0.4) is 0 Å². The van der Waals surface area contributed by atoms with Crippen molar-refractivity contribution in [2.75, 3.05) is 13.2 Å². The summed E-state index contributed by atoms with van der Waals surface area (Å²) in [6, 6.07) is 7.51. The van der Waals surface area contributed by atoms with Gasteiger partial charge in [0, 0.05) is 20.2 Å². The summed E-state index contributed by atoms with van der Waals surface area (Å²) in [6.07, 6.45) is -2.65. The maximum Gasteiger partial charge on any atom is 0.420 e. The van der Waals surface area contributed by atoms with Gasteiger partial charge in [-0.1, -0.05) is 19.6 Å². The van der Waals surface area contributed by atoms with Crippen LogP contribution in [0.4, 0.5) is 13.2 Å². The van der Waals surface area contributed by atoms with Crippen LogP contribution in [0.2, 0.25) is 25.7 Å². The Bertz CT molecular complexity index is 1190. The second-order valence-corrected chi connectivity index (χ2v) is 16.2. The lowest BCUT2D eigenvalue weighted by atomic mass is 9.95. The quantitative estimate of drug-likeness (QED) is 0.290. The highest BCUT2D eigenvalue weighted by Gasteiger charge is 2.43. The highest BCUT2D eigenvalue weighted by atomic mass is 28.3. The Morgan fingerprint density at radius 3 is 2.19 bits per heavy atom. The zero-order valence-corrected chi connectivity index (χ0v) is 22.4. The van der Waals surface area contributed by atoms with Crippen molar-refractivity contribution < 1.29 is 32.5 Å². The summed E-state index contributed by atoms with van der Waals surface area (Å²) in [4.78, 5) is 26.6. The molecule has 0 aliphatic carbocycles. The predicted molar refractivity (Wildman–Crippen MR) is 135 cm³/mol. The van der Waals surface area contributed by atoms with Gasteiger partial charge in [0.1, 0.15) is 18.1 Å².